The van der Waals surface area contributed by atoms with Crippen molar-refractivity contribution in [2.45, 2.75) is 51.2 Å². The zero-order chi connectivity index (χ0) is 19.9. The molecule has 148 valence electrons. The van der Waals surface area contributed by atoms with Crippen LogP contribution in [0.3, 0.4) is 0 Å². The molecule has 0 bridgehead atoms. The van der Waals surface area contributed by atoms with Crippen LogP contribution < -0.4 is 5.32 Å². The highest BCUT2D eigenvalue weighted by molar-refractivity contribution is 5.75. The van der Waals surface area contributed by atoms with Gasteiger partial charge in [0.1, 0.15) is 0 Å². The van der Waals surface area contributed by atoms with E-state index in [0.29, 0.717) is 32.2 Å². The van der Waals surface area contributed by atoms with Crippen LogP contribution in [-0.2, 0) is 11.3 Å². The predicted molar refractivity (Wildman–Crippen MR) is 109 cm³/mol. The smallest absolute Gasteiger partial charge is 0.318 e. The molecule has 3 rings (SSSR count). The van der Waals surface area contributed by atoms with Gasteiger partial charge in [-0.2, -0.15) is 0 Å². The van der Waals surface area contributed by atoms with Crippen LogP contribution in [0, 0.1) is 5.92 Å². The van der Waals surface area contributed by atoms with Gasteiger partial charge in [-0.3, -0.25) is 4.79 Å². The van der Waals surface area contributed by atoms with Gasteiger partial charge in [0.15, 0.2) is 0 Å². The summed E-state index contributed by atoms with van der Waals surface area (Å²) >= 11 is 0. The van der Waals surface area contributed by atoms with Crippen LogP contribution in [0.15, 0.2) is 60.7 Å². The van der Waals surface area contributed by atoms with Crippen molar-refractivity contribution in [3.05, 3.63) is 71.8 Å². The van der Waals surface area contributed by atoms with Crippen molar-refractivity contribution in [1.29, 1.82) is 0 Å². The van der Waals surface area contributed by atoms with Crippen molar-refractivity contribution in [2.75, 3.05) is 0 Å². The first-order valence-electron chi connectivity index (χ1n) is 9.93. The number of amides is 2. The Balaban J connectivity index is 1.71. The predicted octanol–water partition coefficient (Wildman–Crippen LogP) is 4.60. The van der Waals surface area contributed by atoms with E-state index in [4.69, 9.17) is 5.11 Å². The van der Waals surface area contributed by atoms with E-state index in [1.54, 1.807) is 0 Å². The van der Waals surface area contributed by atoms with Gasteiger partial charge in [-0.25, -0.2) is 4.79 Å². The summed E-state index contributed by atoms with van der Waals surface area (Å²) in [5.41, 5.74) is 2.16. The standard InChI is InChI=1S/C23H28N2O3/c1-17(19-10-6-3-7-11-19)25(16-18-8-4-2-5-9-18)23(28)24-21-14-12-20(13-15-21)22(26)27/h2-11,17,20-21H,12-16H2,1H3,(H,24,28)(H,26,27). The molecule has 1 atom stereocenters. The molecule has 0 aliphatic heterocycles. The van der Waals surface area contributed by atoms with Crippen molar-refractivity contribution < 1.29 is 14.7 Å². The number of aliphatic carboxylic acids is 1. The van der Waals surface area contributed by atoms with E-state index in [0.717, 1.165) is 11.1 Å². The monoisotopic (exact) mass is 380 g/mol. The minimum absolute atomic E-state index is 0.0318. The van der Waals surface area contributed by atoms with Crippen LogP contribution in [0.25, 0.3) is 0 Å². The number of rotatable bonds is 6. The maximum Gasteiger partial charge on any atom is 0.318 e. The van der Waals surface area contributed by atoms with Gasteiger partial charge < -0.3 is 15.3 Å². The lowest BCUT2D eigenvalue weighted by atomic mass is 9.86. The van der Waals surface area contributed by atoms with Crippen LogP contribution in [0.5, 0.6) is 0 Å². The van der Waals surface area contributed by atoms with E-state index < -0.39 is 5.97 Å². The van der Waals surface area contributed by atoms with Crippen LogP contribution in [-0.4, -0.2) is 28.0 Å². The van der Waals surface area contributed by atoms with Gasteiger partial charge in [-0.1, -0.05) is 60.7 Å². The number of carboxylic acids is 1. The fourth-order valence-electron chi connectivity index (χ4n) is 3.82. The summed E-state index contributed by atoms with van der Waals surface area (Å²) in [4.78, 5) is 26.1. The second kappa shape index (κ2) is 9.40. The third-order valence-electron chi connectivity index (χ3n) is 5.61. The molecule has 1 aliphatic carbocycles. The first-order chi connectivity index (χ1) is 13.5. The molecule has 2 aromatic rings. The summed E-state index contributed by atoms with van der Waals surface area (Å²) in [5.74, 6) is -1.01. The first-order valence-corrected chi connectivity index (χ1v) is 9.93. The second-order valence-electron chi connectivity index (χ2n) is 7.54. The highest BCUT2D eigenvalue weighted by Crippen LogP contribution is 2.26. The molecular weight excluding hydrogens is 352 g/mol. The fourth-order valence-corrected chi connectivity index (χ4v) is 3.82. The summed E-state index contributed by atoms with van der Waals surface area (Å²) in [6.07, 6.45) is 2.66. The molecule has 2 amide bonds. The summed E-state index contributed by atoms with van der Waals surface area (Å²) in [6.45, 7) is 2.56. The van der Waals surface area contributed by atoms with Crippen LogP contribution in [0.1, 0.15) is 49.8 Å². The largest absolute Gasteiger partial charge is 0.481 e. The molecule has 1 aliphatic rings. The summed E-state index contributed by atoms with van der Waals surface area (Å²) < 4.78 is 0. The third kappa shape index (κ3) is 5.12. The van der Waals surface area contributed by atoms with Crippen molar-refractivity contribution in [1.82, 2.24) is 10.2 Å². The fraction of sp³-hybridized carbons (Fsp3) is 0.391. The zero-order valence-electron chi connectivity index (χ0n) is 16.3. The normalized spacial score (nSPS) is 20.2. The number of benzene rings is 2. The summed E-state index contributed by atoms with van der Waals surface area (Å²) in [7, 11) is 0. The lowest BCUT2D eigenvalue weighted by Crippen LogP contribution is -2.46. The lowest BCUT2D eigenvalue weighted by molar-refractivity contribution is -0.142. The number of hydrogen-bond donors (Lipinski definition) is 2. The average molecular weight is 380 g/mol. The molecule has 1 unspecified atom stereocenters. The maximum absolute atomic E-state index is 13.1. The van der Waals surface area contributed by atoms with E-state index in [-0.39, 0.29) is 24.0 Å². The quantitative estimate of drug-likeness (QED) is 0.769. The van der Waals surface area contributed by atoms with Gasteiger partial charge >= 0.3 is 12.0 Å². The van der Waals surface area contributed by atoms with E-state index in [1.807, 2.05) is 72.5 Å². The Kier molecular flexibility index (Phi) is 6.69. The van der Waals surface area contributed by atoms with E-state index in [1.165, 1.54) is 0 Å². The van der Waals surface area contributed by atoms with Gasteiger partial charge in [-0.15, -0.1) is 0 Å². The van der Waals surface area contributed by atoms with E-state index in [2.05, 4.69) is 5.32 Å². The van der Waals surface area contributed by atoms with Gasteiger partial charge in [0, 0.05) is 12.6 Å². The van der Waals surface area contributed by atoms with Gasteiger partial charge in [0.2, 0.25) is 0 Å². The zero-order valence-corrected chi connectivity index (χ0v) is 16.3. The number of nitrogens with zero attached hydrogens (tertiary/aromatic N) is 1. The van der Waals surface area contributed by atoms with Gasteiger partial charge in [0.05, 0.1) is 12.0 Å². The van der Waals surface area contributed by atoms with Gasteiger partial charge in [0.25, 0.3) is 0 Å². The van der Waals surface area contributed by atoms with Crippen LogP contribution >= 0.6 is 0 Å². The molecule has 0 aromatic heterocycles. The number of urea groups is 1. The Hall–Kier alpha value is -2.82. The lowest BCUT2D eigenvalue weighted by Gasteiger charge is -2.33. The number of nitrogens with one attached hydrogen (secondary N) is 1. The van der Waals surface area contributed by atoms with Crippen LogP contribution in [0.2, 0.25) is 0 Å². The Morgan fingerprint density at radius 3 is 2.14 bits per heavy atom. The molecule has 2 N–H and O–H groups in total. The van der Waals surface area contributed by atoms with E-state index in [9.17, 15) is 9.59 Å². The highest BCUT2D eigenvalue weighted by Gasteiger charge is 2.29. The average Bonchev–Trinajstić information content (AvgIpc) is 2.73. The molecule has 0 radical (unpaired) electrons. The number of carbonyl (C=O) groups excluding carboxylic acids is 1. The Morgan fingerprint density at radius 2 is 1.57 bits per heavy atom. The molecule has 1 saturated carbocycles. The summed E-state index contributed by atoms with van der Waals surface area (Å²) in [6, 6.07) is 19.8. The Bertz CT molecular complexity index is 771. The topological polar surface area (TPSA) is 69.6 Å². The Morgan fingerprint density at radius 1 is 1.00 bits per heavy atom. The number of hydrogen-bond acceptors (Lipinski definition) is 2. The molecule has 0 heterocycles. The molecular formula is C23H28N2O3. The minimum Gasteiger partial charge on any atom is -0.481 e. The minimum atomic E-state index is -0.729. The van der Waals surface area contributed by atoms with Crippen molar-refractivity contribution in [2.24, 2.45) is 5.92 Å². The van der Waals surface area contributed by atoms with Crippen LogP contribution in [0.4, 0.5) is 4.79 Å². The SMILES string of the molecule is CC(c1ccccc1)N(Cc1ccccc1)C(=O)NC1CCC(C(=O)O)CC1. The van der Waals surface area contributed by atoms with Crippen molar-refractivity contribution in [3.8, 4) is 0 Å². The molecule has 5 nitrogen and oxygen atoms in total. The second-order valence-corrected chi connectivity index (χ2v) is 7.54. The number of carboxylic acid groups (broad SMARTS) is 1. The van der Waals surface area contributed by atoms with Crippen molar-refractivity contribution >= 4 is 12.0 Å². The van der Waals surface area contributed by atoms with Crippen molar-refractivity contribution in [3.63, 3.8) is 0 Å². The summed E-state index contributed by atoms with van der Waals surface area (Å²) in [5, 5.41) is 12.3. The molecule has 5 heteroatoms. The molecule has 2 aromatic carbocycles. The molecule has 1 fully saturated rings. The molecule has 0 saturated heterocycles. The Labute approximate surface area is 166 Å². The highest BCUT2D eigenvalue weighted by atomic mass is 16.4. The maximum atomic E-state index is 13.1. The van der Waals surface area contributed by atoms with Gasteiger partial charge in [-0.05, 0) is 43.7 Å². The number of carbonyl (C=O) groups is 2. The first kappa shape index (κ1) is 19.9. The van der Waals surface area contributed by atoms with E-state index >= 15 is 0 Å². The molecule has 0 spiro atoms. The third-order valence-corrected chi connectivity index (χ3v) is 5.61. The molecule has 28 heavy (non-hydrogen) atoms.